The highest BCUT2D eigenvalue weighted by Gasteiger charge is 2.24. The van der Waals surface area contributed by atoms with E-state index in [1.165, 1.54) is 0 Å². The van der Waals surface area contributed by atoms with Crippen LogP contribution in [0.1, 0.15) is 43.1 Å². The molecule has 6 nitrogen and oxygen atoms in total. The summed E-state index contributed by atoms with van der Waals surface area (Å²) >= 11 is 0. The van der Waals surface area contributed by atoms with Crippen LogP contribution in [0.3, 0.4) is 0 Å². The molecule has 0 aliphatic heterocycles. The Hall–Kier alpha value is -3.15. The van der Waals surface area contributed by atoms with E-state index in [1.807, 2.05) is 32.9 Å². The highest BCUT2D eigenvalue weighted by atomic mass is 16.2. The van der Waals surface area contributed by atoms with E-state index in [-0.39, 0.29) is 23.6 Å². The van der Waals surface area contributed by atoms with Crippen molar-refractivity contribution in [2.24, 2.45) is 5.92 Å². The zero-order valence-corrected chi connectivity index (χ0v) is 16.7. The van der Waals surface area contributed by atoms with Gasteiger partial charge in [-0.25, -0.2) is 0 Å². The Labute approximate surface area is 165 Å². The van der Waals surface area contributed by atoms with Gasteiger partial charge in [-0.3, -0.25) is 14.4 Å². The Kier molecular flexibility index (Phi) is 7.32. The first-order valence-electron chi connectivity index (χ1n) is 9.38. The maximum Gasteiger partial charge on any atom is 0.251 e. The van der Waals surface area contributed by atoms with Crippen molar-refractivity contribution in [3.8, 4) is 0 Å². The number of benzene rings is 2. The van der Waals surface area contributed by atoms with Crippen molar-refractivity contribution >= 4 is 29.1 Å². The van der Waals surface area contributed by atoms with Gasteiger partial charge in [0.2, 0.25) is 11.8 Å². The van der Waals surface area contributed by atoms with Gasteiger partial charge in [-0.2, -0.15) is 0 Å². The second-order valence-corrected chi connectivity index (χ2v) is 7.03. The molecule has 6 heteroatoms. The first-order valence-corrected chi connectivity index (χ1v) is 9.38. The number of amides is 3. The minimum absolute atomic E-state index is 0.0997. The van der Waals surface area contributed by atoms with Crippen molar-refractivity contribution in [3.05, 3.63) is 59.7 Å². The van der Waals surface area contributed by atoms with Gasteiger partial charge in [0.15, 0.2) is 0 Å². The van der Waals surface area contributed by atoms with Gasteiger partial charge >= 0.3 is 0 Å². The SMILES string of the molecule is CCC(=O)Nc1cccc(NC(=O)C(NC(=O)c2ccc(C)cc2)C(C)C)c1. The van der Waals surface area contributed by atoms with Gasteiger partial charge in [0.05, 0.1) is 0 Å². The molecule has 0 radical (unpaired) electrons. The molecule has 0 aliphatic rings. The summed E-state index contributed by atoms with van der Waals surface area (Å²) < 4.78 is 0. The predicted octanol–water partition coefficient (Wildman–Crippen LogP) is 3.74. The van der Waals surface area contributed by atoms with Crippen LogP contribution in [0.5, 0.6) is 0 Å². The molecule has 0 aliphatic carbocycles. The Morgan fingerprint density at radius 2 is 1.54 bits per heavy atom. The number of carbonyl (C=O) groups is 3. The summed E-state index contributed by atoms with van der Waals surface area (Å²) in [5, 5.41) is 8.38. The fourth-order valence-corrected chi connectivity index (χ4v) is 2.61. The van der Waals surface area contributed by atoms with Crippen molar-refractivity contribution in [1.29, 1.82) is 0 Å². The van der Waals surface area contributed by atoms with Gasteiger partial charge in [-0.1, -0.05) is 44.5 Å². The molecule has 148 valence electrons. The van der Waals surface area contributed by atoms with E-state index in [0.717, 1.165) is 5.56 Å². The van der Waals surface area contributed by atoms with E-state index in [9.17, 15) is 14.4 Å². The average molecular weight is 381 g/mol. The number of hydrogen-bond donors (Lipinski definition) is 3. The number of hydrogen-bond acceptors (Lipinski definition) is 3. The van der Waals surface area contributed by atoms with Crippen LogP contribution in [0, 0.1) is 12.8 Å². The summed E-state index contributed by atoms with van der Waals surface area (Å²) in [6.07, 6.45) is 0.372. The minimum atomic E-state index is -0.692. The summed E-state index contributed by atoms with van der Waals surface area (Å²) in [5.74, 6) is -0.807. The lowest BCUT2D eigenvalue weighted by Gasteiger charge is -2.22. The number of rotatable bonds is 7. The van der Waals surface area contributed by atoms with Gasteiger partial charge in [0.25, 0.3) is 5.91 Å². The van der Waals surface area contributed by atoms with E-state index >= 15 is 0 Å². The molecule has 0 saturated heterocycles. The van der Waals surface area contributed by atoms with E-state index in [4.69, 9.17) is 0 Å². The predicted molar refractivity (Wildman–Crippen MR) is 111 cm³/mol. The lowest BCUT2D eigenvalue weighted by molar-refractivity contribution is -0.119. The molecular weight excluding hydrogens is 354 g/mol. The summed E-state index contributed by atoms with van der Waals surface area (Å²) in [7, 11) is 0. The summed E-state index contributed by atoms with van der Waals surface area (Å²) in [5.41, 5.74) is 2.72. The summed E-state index contributed by atoms with van der Waals surface area (Å²) in [4.78, 5) is 36.8. The maximum absolute atomic E-state index is 12.8. The van der Waals surface area contributed by atoms with Crippen LogP contribution < -0.4 is 16.0 Å². The second-order valence-electron chi connectivity index (χ2n) is 7.03. The van der Waals surface area contributed by atoms with Crippen LogP contribution in [0.25, 0.3) is 0 Å². The smallest absolute Gasteiger partial charge is 0.251 e. The molecule has 0 heterocycles. The van der Waals surface area contributed by atoms with Crippen LogP contribution in [0.2, 0.25) is 0 Å². The van der Waals surface area contributed by atoms with Crippen LogP contribution in [-0.4, -0.2) is 23.8 Å². The zero-order chi connectivity index (χ0) is 20.7. The third-order valence-corrected chi connectivity index (χ3v) is 4.28. The Balaban J connectivity index is 2.08. The number of aryl methyl sites for hydroxylation is 1. The fraction of sp³-hybridized carbons (Fsp3) is 0.318. The van der Waals surface area contributed by atoms with E-state index in [1.54, 1.807) is 43.3 Å². The lowest BCUT2D eigenvalue weighted by Crippen LogP contribution is -2.47. The van der Waals surface area contributed by atoms with Gasteiger partial charge in [-0.15, -0.1) is 0 Å². The largest absolute Gasteiger partial charge is 0.340 e. The van der Waals surface area contributed by atoms with Gasteiger partial charge in [-0.05, 0) is 43.2 Å². The van der Waals surface area contributed by atoms with Crippen molar-refractivity contribution in [2.75, 3.05) is 10.6 Å². The number of nitrogens with one attached hydrogen (secondary N) is 3. The molecular formula is C22H27N3O3. The monoisotopic (exact) mass is 381 g/mol. The molecule has 0 aromatic heterocycles. The number of carbonyl (C=O) groups excluding carboxylic acids is 3. The van der Waals surface area contributed by atoms with Gasteiger partial charge in [0, 0.05) is 23.4 Å². The van der Waals surface area contributed by atoms with Crippen molar-refractivity contribution < 1.29 is 14.4 Å². The molecule has 3 N–H and O–H groups in total. The Morgan fingerprint density at radius 1 is 0.929 bits per heavy atom. The van der Waals surface area contributed by atoms with Crippen LogP contribution in [-0.2, 0) is 9.59 Å². The first-order chi connectivity index (χ1) is 13.3. The first kappa shape index (κ1) is 21.2. The van der Waals surface area contributed by atoms with Crippen molar-refractivity contribution in [2.45, 2.75) is 40.2 Å². The highest BCUT2D eigenvalue weighted by molar-refractivity contribution is 6.01. The van der Waals surface area contributed by atoms with E-state index < -0.39 is 6.04 Å². The topological polar surface area (TPSA) is 87.3 Å². The highest BCUT2D eigenvalue weighted by Crippen LogP contribution is 2.17. The van der Waals surface area contributed by atoms with Crippen LogP contribution >= 0.6 is 0 Å². The molecule has 1 unspecified atom stereocenters. The molecule has 2 aromatic rings. The molecule has 28 heavy (non-hydrogen) atoms. The van der Waals surface area contributed by atoms with E-state index in [0.29, 0.717) is 23.4 Å². The molecule has 0 spiro atoms. The van der Waals surface area contributed by atoms with Gasteiger partial charge in [0.1, 0.15) is 6.04 Å². The zero-order valence-electron chi connectivity index (χ0n) is 16.7. The number of anilines is 2. The third kappa shape index (κ3) is 5.94. The molecule has 0 bridgehead atoms. The molecule has 1 atom stereocenters. The molecule has 0 saturated carbocycles. The fourth-order valence-electron chi connectivity index (χ4n) is 2.61. The Morgan fingerprint density at radius 3 is 2.11 bits per heavy atom. The average Bonchev–Trinajstić information content (AvgIpc) is 2.66. The van der Waals surface area contributed by atoms with Crippen molar-refractivity contribution in [1.82, 2.24) is 5.32 Å². The van der Waals surface area contributed by atoms with E-state index in [2.05, 4.69) is 16.0 Å². The quantitative estimate of drug-likeness (QED) is 0.683. The molecule has 3 amide bonds. The van der Waals surface area contributed by atoms with Crippen LogP contribution in [0.4, 0.5) is 11.4 Å². The maximum atomic E-state index is 12.8. The minimum Gasteiger partial charge on any atom is -0.340 e. The third-order valence-electron chi connectivity index (χ3n) is 4.28. The van der Waals surface area contributed by atoms with Crippen LogP contribution in [0.15, 0.2) is 48.5 Å². The molecule has 2 rings (SSSR count). The van der Waals surface area contributed by atoms with Gasteiger partial charge < -0.3 is 16.0 Å². The molecule has 0 fully saturated rings. The van der Waals surface area contributed by atoms with Crippen molar-refractivity contribution in [3.63, 3.8) is 0 Å². The Bertz CT molecular complexity index is 844. The summed E-state index contributed by atoms with van der Waals surface area (Å²) in [6.45, 7) is 7.46. The normalized spacial score (nSPS) is 11.6. The molecule has 2 aromatic carbocycles. The summed E-state index contributed by atoms with van der Waals surface area (Å²) in [6, 6.07) is 13.4. The lowest BCUT2D eigenvalue weighted by atomic mass is 10.0. The standard InChI is InChI=1S/C22H27N3O3/c1-5-19(26)23-17-7-6-8-18(13-17)24-22(28)20(14(2)3)25-21(27)16-11-9-15(4)10-12-16/h6-14,20H,5H2,1-4H3,(H,23,26)(H,24,28)(H,25,27). The second kappa shape index (κ2) is 9.69.